The van der Waals surface area contributed by atoms with Crippen LogP contribution in [0.15, 0.2) is 35.1 Å². The van der Waals surface area contributed by atoms with Crippen LogP contribution >= 0.6 is 11.3 Å². The summed E-state index contributed by atoms with van der Waals surface area (Å²) in [6, 6.07) is 10.2. The molecule has 3 aromatic rings. The summed E-state index contributed by atoms with van der Waals surface area (Å²) in [7, 11) is 0. The van der Waals surface area contributed by atoms with Crippen LogP contribution in [0.4, 0.5) is 0 Å². The van der Waals surface area contributed by atoms with Crippen LogP contribution in [0.1, 0.15) is 61.9 Å². The molecule has 0 amide bonds. The standard InChI is InChI=1S/C26H35N3O3S/c1-26(2,3)32-17-19(30)15-29(14-18-10-6-4-7-11-18)16-22-27-24(31)23-20-12-8-5-9-13-21(20)33-25(23)28-22/h4,6-7,10-11,19,30H,5,8-9,12-17H2,1-3H3,(H,27,28,31). The summed E-state index contributed by atoms with van der Waals surface area (Å²) < 4.78 is 5.78. The highest BCUT2D eigenvalue weighted by atomic mass is 32.1. The number of rotatable bonds is 8. The fourth-order valence-corrected chi connectivity index (χ4v) is 5.68. The van der Waals surface area contributed by atoms with Crippen LogP contribution in [0.3, 0.4) is 0 Å². The molecule has 1 aliphatic carbocycles. The van der Waals surface area contributed by atoms with Crippen molar-refractivity contribution < 1.29 is 9.84 Å². The zero-order valence-electron chi connectivity index (χ0n) is 19.9. The normalized spacial score (nSPS) is 15.5. The molecule has 2 aromatic heterocycles. The van der Waals surface area contributed by atoms with Gasteiger partial charge in [-0.15, -0.1) is 11.3 Å². The van der Waals surface area contributed by atoms with Gasteiger partial charge in [-0.25, -0.2) is 4.98 Å². The van der Waals surface area contributed by atoms with Crippen LogP contribution < -0.4 is 5.56 Å². The van der Waals surface area contributed by atoms with E-state index in [0.717, 1.165) is 35.0 Å². The molecule has 0 fully saturated rings. The maximum absolute atomic E-state index is 13.0. The predicted octanol–water partition coefficient (Wildman–Crippen LogP) is 4.43. The molecule has 0 radical (unpaired) electrons. The summed E-state index contributed by atoms with van der Waals surface area (Å²) in [6.45, 7) is 7.73. The van der Waals surface area contributed by atoms with Crippen LogP contribution in [0.5, 0.6) is 0 Å². The van der Waals surface area contributed by atoms with Crippen molar-refractivity contribution in [3.63, 3.8) is 0 Å². The Kier molecular flexibility index (Phi) is 7.64. The molecule has 2 N–H and O–H groups in total. The van der Waals surface area contributed by atoms with E-state index in [4.69, 9.17) is 9.72 Å². The second-order valence-corrected chi connectivity index (χ2v) is 11.1. The molecule has 178 valence electrons. The number of thiophene rings is 1. The van der Waals surface area contributed by atoms with Gasteiger partial charge in [-0.3, -0.25) is 9.69 Å². The minimum absolute atomic E-state index is 0.0364. The Hall–Kier alpha value is -2.06. The van der Waals surface area contributed by atoms with Crippen LogP contribution in [0.25, 0.3) is 10.2 Å². The molecule has 1 aromatic carbocycles. The maximum atomic E-state index is 13.0. The number of aryl methyl sites for hydroxylation is 2. The molecule has 1 aliphatic rings. The number of hydrogen-bond acceptors (Lipinski definition) is 6. The van der Waals surface area contributed by atoms with E-state index in [1.165, 1.54) is 23.3 Å². The van der Waals surface area contributed by atoms with E-state index in [0.29, 0.717) is 25.5 Å². The molecule has 0 bridgehead atoms. The number of aromatic amines is 1. The molecule has 33 heavy (non-hydrogen) atoms. The second kappa shape index (κ2) is 10.5. The molecule has 1 unspecified atom stereocenters. The van der Waals surface area contributed by atoms with Gasteiger partial charge in [0.25, 0.3) is 5.56 Å². The average molecular weight is 470 g/mol. The minimum atomic E-state index is -0.638. The highest BCUT2D eigenvalue weighted by molar-refractivity contribution is 7.18. The summed E-state index contributed by atoms with van der Waals surface area (Å²) in [5.41, 5.74) is 2.02. The summed E-state index contributed by atoms with van der Waals surface area (Å²) in [5.74, 6) is 0.642. The van der Waals surface area contributed by atoms with Crippen molar-refractivity contribution in [1.82, 2.24) is 14.9 Å². The molecule has 4 rings (SSSR count). The van der Waals surface area contributed by atoms with E-state index in [9.17, 15) is 9.90 Å². The first-order valence-electron chi connectivity index (χ1n) is 11.9. The van der Waals surface area contributed by atoms with Crippen LogP contribution in [0, 0.1) is 0 Å². The van der Waals surface area contributed by atoms with Gasteiger partial charge in [0.05, 0.1) is 30.2 Å². The Morgan fingerprint density at radius 2 is 1.91 bits per heavy atom. The quantitative estimate of drug-likeness (QED) is 0.477. The topological polar surface area (TPSA) is 78.5 Å². The van der Waals surface area contributed by atoms with Crippen LogP contribution in [0.2, 0.25) is 0 Å². The van der Waals surface area contributed by atoms with Gasteiger partial charge in [0.1, 0.15) is 10.7 Å². The van der Waals surface area contributed by atoms with E-state index in [2.05, 4.69) is 22.0 Å². The lowest BCUT2D eigenvalue weighted by Gasteiger charge is -2.27. The number of benzene rings is 1. The molecule has 0 saturated heterocycles. The minimum Gasteiger partial charge on any atom is -0.389 e. The molecular formula is C26H35N3O3S. The first-order chi connectivity index (χ1) is 15.8. The number of hydrogen-bond donors (Lipinski definition) is 2. The Morgan fingerprint density at radius 1 is 1.15 bits per heavy atom. The van der Waals surface area contributed by atoms with Gasteiger partial charge in [-0.05, 0) is 57.6 Å². The van der Waals surface area contributed by atoms with Gasteiger partial charge in [0, 0.05) is 18.0 Å². The smallest absolute Gasteiger partial charge is 0.259 e. The van der Waals surface area contributed by atoms with Gasteiger partial charge in [0.15, 0.2) is 0 Å². The Bertz CT molecular complexity index is 1120. The molecular weight excluding hydrogens is 434 g/mol. The van der Waals surface area contributed by atoms with Crippen LogP contribution in [-0.2, 0) is 30.7 Å². The third-order valence-electron chi connectivity index (χ3n) is 5.92. The largest absolute Gasteiger partial charge is 0.389 e. The van der Waals surface area contributed by atoms with E-state index in [1.807, 2.05) is 39.0 Å². The Labute approximate surface area is 199 Å². The van der Waals surface area contributed by atoms with Crippen molar-refractivity contribution in [2.24, 2.45) is 0 Å². The third kappa shape index (κ3) is 6.51. The van der Waals surface area contributed by atoms with Crippen molar-refractivity contribution >= 4 is 21.6 Å². The lowest BCUT2D eigenvalue weighted by Crippen LogP contribution is -2.37. The number of aliphatic hydroxyl groups is 1. The van der Waals surface area contributed by atoms with Crippen molar-refractivity contribution in [1.29, 1.82) is 0 Å². The summed E-state index contributed by atoms with van der Waals surface area (Å²) in [4.78, 5) is 25.2. The number of aliphatic hydroxyl groups excluding tert-OH is 1. The summed E-state index contributed by atoms with van der Waals surface area (Å²) in [5, 5.41) is 11.4. The van der Waals surface area contributed by atoms with E-state index in [-0.39, 0.29) is 17.8 Å². The average Bonchev–Trinajstić information content (AvgIpc) is 2.94. The first-order valence-corrected chi connectivity index (χ1v) is 12.7. The highest BCUT2D eigenvalue weighted by Crippen LogP contribution is 2.32. The van der Waals surface area contributed by atoms with Crippen molar-refractivity contribution in [3.8, 4) is 0 Å². The fourth-order valence-electron chi connectivity index (χ4n) is 4.40. The zero-order chi connectivity index (χ0) is 23.4. The molecule has 6 nitrogen and oxygen atoms in total. The van der Waals surface area contributed by atoms with Gasteiger partial charge in [-0.1, -0.05) is 36.8 Å². The zero-order valence-corrected chi connectivity index (χ0v) is 20.7. The maximum Gasteiger partial charge on any atom is 0.259 e. The lowest BCUT2D eigenvalue weighted by molar-refractivity contribution is -0.0574. The van der Waals surface area contributed by atoms with Crippen LogP contribution in [-0.4, -0.2) is 44.8 Å². The number of fused-ring (bicyclic) bond motifs is 3. The van der Waals surface area contributed by atoms with Gasteiger partial charge in [0.2, 0.25) is 0 Å². The Morgan fingerprint density at radius 3 is 2.67 bits per heavy atom. The molecule has 1 atom stereocenters. The first kappa shape index (κ1) is 24.1. The predicted molar refractivity (Wildman–Crippen MR) is 134 cm³/mol. The summed E-state index contributed by atoms with van der Waals surface area (Å²) in [6.07, 6.45) is 4.93. The van der Waals surface area contributed by atoms with E-state index in [1.54, 1.807) is 11.3 Å². The molecule has 0 spiro atoms. The SMILES string of the molecule is CC(C)(C)OCC(O)CN(Cc1ccccc1)Cc1nc2sc3c(c2c(=O)[nH]1)CCCCC3. The monoisotopic (exact) mass is 469 g/mol. The van der Waals surface area contributed by atoms with Gasteiger partial charge >= 0.3 is 0 Å². The molecule has 0 saturated carbocycles. The molecule has 7 heteroatoms. The molecule has 2 heterocycles. The van der Waals surface area contributed by atoms with Gasteiger partial charge < -0.3 is 14.8 Å². The third-order valence-corrected chi connectivity index (χ3v) is 7.11. The van der Waals surface area contributed by atoms with E-state index < -0.39 is 6.10 Å². The van der Waals surface area contributed by atoms with E-state index >= 15 is 0 Å². The number of H-pyrrole nitrogens is 1. The number of aromatic nitrogens is 2. The summed E-state index contributed by atoms with van der Waals surface area (Å²) >= 11 is 1.68. The number of nitrogens with one attached hydrogen (secondary N) is 1. The van der Waals surface area contributed by atoms with Crippen molar-refractivity contribution in [2.45, 2.75) is 77.7 Å². The Balaban J connectivity index is 1.56. The fraction of sp³-hybridized carbons (Fsp3) is 0.538. The molecule has 0 aliphatic heterocycles. The number of nitrogens with zero attached hydrogens (tertiary/aromatic N) is 2. The van der Waals surface area contributed by atoms with Crippen molar-refractivity contribution in [2.75, 3.05) is 13.2 Å². The highest BCUT2D eigenvalue weighted by Gasteiger charge is 2.21. The number of ether oxygens (including phenoxy) is 1. The van der Waals surface area contributed by atoms with Gasteiger partial charge in [-0.2, -0.15) is 0 Å². The second-order valence-electron chi connectivity index (χ2n) is 9.99. The lowest BCUT2D eigenvalue weighted by atomic mass is 10.1. The van der Waals surface area contributed by atoms with Crippen molar-refractivity contribution in [3.05, 3.63) is 62.5 Å².